The smallest absolute Gasteiger partial charge is 0.222 e. The molecule has 0 bridgehead atoms. The molecule has 0 aliphatic carbocycles. The monoisotopic (exact) mass is 373 g/mol. The molecule has 4 heterocycles. The Morgan fingerprint density at radius 3 is 2.81 bits per heavy atom. The molecule has 7 heteroatoms. The largest absolute Gasteiger partial charge is 0.356 e. The van der Waals surface area contributed by atoms with Crippen molar-refractivity contribution in [1.29, 1.82) is 0 Å². The van der Waals surface area contributed by atoms with E-state index in [0.29, 0.717) is 12.5 Å². The minimum Gasteiger partial charge on any atom is -0.356 e. The SMILES string of the molecule is CCC(=O)N1CCc2c(sc3ncnc(N(C)C4CCN(C)CC4)c23)C1. The van der Waals surface area contributed by atoms with E-state index >= 15 is 0 Å². The van der Waals surface area contributed by atoms with Gasteiger partial charge in [0.05, 0.1) is 11.9 Å². The van der Waals surface area contributed by atoms with Gasteiger partial charge in [-0.3, -0.25) is 4.79 Å². The van der Waals surface area contributed by atoms with Gasteiger partial charge in [-0.25, -0.2) is 9.97 Å². The summed E-state index contributed by atoms with van der Waals surface area (Å²) < 4.78 is 0. The lowest BCUT2D eigenvalue weighted by molar-refractivity contribution is -0.131. The van der Waals surface area contributed by atoms with E-state index in [0.717, 1.165) is 43.2 Å². The van der Waals surface area contributed by atoms with Crippen LogP contribution in [0.4, 0.5) is 5.82 Å². The van der Waals surface area contributed by atoms with Crippen LogP contribution in [0.25, 0.3) is 10.2 Å². The predicted molar refractivity (Wildman–Crippen MR) is 106 cm³/mol. The van der Waals surface area contributed by atoms with Crippen molar-refractivity contribution < 1.29 is 4.79 Å². The highest BCUT2D eigenvalue weighted by Gasteiger charge is 2.28. The third-order valence-corrected chi connectivity index (χ3v) is 6.97. The van der Waals surface area contributed by atoms with E-state index < -0.39 is 0 Å². The first kappa shape index (κ1) is 17.7. The zero-order valence-electron chi connectivity index (χ0n) is 15.9. The molecule has 0 spiro atoms. The number of carbonyl (C=O) groups is 1. The maximum atomic E-state index is 12.1. The summed E-state index contributed by atoms with van der Waals surface area (Å²) >= 11 is 1.73. The first-order valence-electron chi connectivity index (χ1n) is 9.52. The van der Waals surface area contributed by atoms with Gasteiger partial charge in [0.1, 0.15) is 17.0 Å². The lowest BCUT2D eigenvalue weighted by Gasteiger charge is -2.36. The van der Waals surface area contributed by atoms with Crippen LogP contribution in [0.5, 0.6) is 0 Å². The number of carbonyl (C=O) groups excluding carboxylic acids is 1. The highest BCUT2D eigenvalue weighted by atomic mass is 32.1. The van der Waals surface area contributed by atoms with Gasteiger partial charge in [-0.15, -0.1) is 11.3 Å². The number of anilines is 1. The average Bonchev–Trinajstić information content (AvgIpc) is 3.05. The molecule has 1 saturated heterocycles. The number of rotatable bonds is 3. The van der Waals surface area contributed by atoms with Crippen LogP contribution >= 0.6 is 11.3 Å². The van der Waals surface area contributed by atoms with Crippen molar-refractivity contribution in [3.05, 3.63) is 16.8 Å². The van der Waals surface area contributed by atoms with Gasteiger partial charge >= 0.3 is 0 Å². The molecule has 2 aliphatic rings. The number of hydrogen-bond acceptors (Lipinski definition) is 6. The molecule has 2 aromatic rings. The fourth-order valence-corrected chi connectivity index (χ4v) is 5.37. The molecular weight excluding hydrogens is 346 g/mol. The van der Waals surface area contributed by atoms with Crippen molar-refractivity contribution in [3.8, 4) is 0 Å². The Hall–Kier alpha value is -1.73. The first-order valence-corrected chi connectivity index (χ1v) is 10.3. The van der Waals surface area contributed by atoms with Crippen molar-refractivity contribution in [3.63, 3.8) is 0 Å². The third kappa shape index (κ3) is 3.07. The van der Waals surface area contributed by atoms with Gasteiger partial charge < -0.3 is 14.7 Å². The van der Waals surface area contributed by atoms with Crippen molar-refractivity contribution in [1.82, 2.24) is 19.8 Å². The molecule has 0 saturated carbocycles. The molecule has 140 valence electrons. The van der Waals surface area contributed by atoms with Gasteiger partial charge in [0.25, 0.3) is 0 Å². The molecule has 0 aromatic carbocycles. The van der Waals surface area contributed by atoms with E-state index in [-0.39, 0.29) is 5.91 Å². The standard InChI is InChI=1S/C19H27N5OS/c1-4-16(25)24-10-7-14-15(11-24)26-19-17(14)18(20-12-21-19)23(3)13-5-8-22(2)9-6-13/h12-13H,4-11H2,1-3H3. The second-order valence-corrected chi connectivity index (χ2v) is 8.53. The molecule has 0 atom stereocenters. The van der Waals surface area contributed by atoms with Crippen LogP contribution in [0.1, 0.15) is 36.6 Å². The van der Waals surface area contributed by atoms with Gasteiger partial charge in [-0.1, -0.05) is 6.92 Å². The first-order chi connectivity index (χ1) is 12.6. The van der Waals surface area contributed by atoms with Crippen LogP contribution in [0.15, 0.2) is 6.33 Å². The molecule has 2 aromatic heterocycles. The maximum Gasteiger partial charge on any atom is 0.222 e. The fraction of sp³-hybridized carbons (Fsp3) is 0.632. The van der Waals surface area contributed by atoms with Crippen molar-refractivity contribution in [2.24, 2.45) is 0 Å². The summed E-state index contributed by atoms with van der Waals surface area (Å²) in [6.07, 6.45) is 5.51. The molecule has 0 N–H and O–H groups in total. The molecule has 6 nitrogen and oxygen atoms in total. The van der Waals surface area contributed by atoms with Gasteiger partial charge in [0.15, 0.2) is 0 Å². The zero-order valence-corrected chi connectivity index (χ0v) is 16.7. The van der Waals surface area contributed by atoms with Crippen LogP contribution in [0.2, 0.25) is 0 Å². The van der Waals surface area contributed by atoms with Crippen molar-refractivity contribution >= 4 is 33.3 Å². The fourth-order valence-electron chi connectivity index (χ4n) is 4.17. The molecule has 4 rings (SSSR count). The molecule has 1 fully saturated rings. The summed E-state index contributed by atoms with van der Waals surface area (Å²) in [6.45, 7) is 5.74. The summed E-state index contributed by atoms with van der Waals surface area (Å²) in [5, 5.41) is 1.22. The van der Waals surface area contributed by atoms with E-state index in [2.05, 4.69) is 33.9 Å². The Bertz CT molecular complexity index is 812. The predicted octanol–water partition coefficient (Wildman–Crippen LogP) is 2.52. The minimum absolute atomic E-state index is 0.239. The lowest BCUT2D eigenvalue weighted by Crippen LogP contribution is -2.42. The number of hydrogen-bond donors (Lipinski definition) is 0. The van der Waals surface area contributed by atoms with Crippen LogP contribution in [-0.4, -0.2) is 65.4 Å². The zero-order chi connectivity index (χ0) is 18.3. The Balaban J connectivity index is 1.67. The number of thiophene rings is 1. The number of amides is 1. The maximum absolute atomic E-state index is 12.1. The molecule has 1 amide bonds. The van der Waals surface area contributed by atoms with Crippen LogP contribution in [-0.2, 0) is 17.8 Å². The Labute approximate surface area is 158 Å². The van der Waals surface area contributed by atoms with Crippen LogP contribution < -0.4 is 4.90 Å². The summed E-state index contributed by atoms with van der Waals surface area (Å²) in [5.41, 5.74) is 1.36. The Morgan fingerprint density at radius 1 is 1.31 bits per heavy atom. The number of nitrogens with zero attached hydrogens (tertiary/aromatic N) is 5. The molecule has 0 unspecified atom stereocenters. The third-order valence-electron chi connectivity index (χ3n) is 5.84. The topological polar surface area (TPSA) is 52.6 Å². The number of piperidine rings is 1. The van der Waals surface area contributed by atoms with Crippen molar-refractivity contribution in [2.75, 3.05) is 38.6 Å². The molecule has 26 heavy (non-hydrogen) atoms. The summed E-state index contributed by atoms with van der Waals surface area (Å²) in [4.78, 5) is 30.4. The second-order valence-electron chi connectivity index (χ2n) is 7.45. The molecular formula is C19H27N5OS. The summed E-state index contributed by atoms with van der Waals surface area (Å²) in [5.74, 6) is 1.31. The quantitative estimate of drug-likeness (QED) is 0.827. The Morgan fingerprint density at radius 2 is 2.08 bits per heavy atom. The van der Waals surface area contributed by atoms with Gasteiger partial charge in [0, 0.05) is 30.9 Å². The number of aromatic nitrogens is 2. The Kier molecular flexibility index (Phi) is 4.84. The van der Waals surface area contributed by atoms with Crippen LogP contribution in [0.3, 0.4) is 0 Å². The summed E-state index contributed by atoms with van der Waals surface area (Å²) in [7, 11) is 4.37. The second kappa shape index (κ2) is 7.12. The summed E-state index contributed by atoms with van der Waals surface area (Å²) in [6, 6.07) is 0.529. The number of fused-ring (bicyclic) bond motifs is 3. The number of likely N-dealkylation sites (tertiary alicyclic amines) is 1. The average molecular weight is 374 g/mol. The van der Waals surface area contributed by atoms with E-state index in [4.69, 9.17) is 0 Å². The van der Waals surface area contributed by atoms with Crippen LogP contribution in [0, 0.1) is 0 Å². The van der Waals surface area contributed by atoms with Gasteiger partial charge in [-0.05, 0) is 45.0 Å². The molecule has 0 radical (unpaired) electrons. The van der Waals surface area contributed by atoms with E-state index in [9.17, 15) is 4.79 Å². The van der Waals surface area contributed by atoms with Gasteiger partial charge in [0.2, 0.25) is 5.91 Å². The van der Waals surface area contributed by atoms with E-state index in [1.807, 2.05) is 11.8 Å². The lowest BCUT2D eigenvalue weighted by atomic mass is 10.0. The van der Waals surface area contributed by atoms with Gasteiger partial charge in [-0.2, -0.15) is 0 Å². The minimum atomic E-state index is 0.239. The molecule has 2 aliphatic heterocycles. The van der Waals surface area contributed by atoms with Crippen molar-refractivity contribution in [2.45, 2.75) is 45.2 Å². The normalized spacial score (nSPS) is 19.0. The highest BCUT2D eigenvalue weighted by molar-refractivity contribution is 7.19. The highest BCUT2D eigenvalue weighted by Crippen LogP contribution is 2.39. The van der Waals surface area contributed by atoms with E-state index in [1.165, 1.54) is 28.7 Å². The van der Waals surface area contributed by atoms with E-state index in [1.54, 1.807) is 17.7 Å².